The Bertz CT molecular complexity index is 394. The van der Waals surface area contributed by atoms with E-state index in [1.165, 1.54) is 10.8 Å². The van der Waals surface area contributed by atoms with E-state index in [1.54, 1.807) is 0 Å². The molecule has 2 aromatic carbocycles. The van der Waals surface area contributed by atoms with Gasteiger partial charge >= 0.3 is 0 Å². The molecule has 1 heteroatoms. The number of hydrogen-bond acceptors (Lipinski definition) is 0. The van der Waals surface area contributed by atoms with Crippen LogP contribution in [0.1, 0.15) is 18.0 Å². The summed E-state index contributed by atoms with van der Waals surface area (Å²) in [4.78, 5) is 0. The molecule has 0 aliphatic carbocycles. The SMILES string of the molecule is C[C@H]([Si]c1ccccc1)c1ccccc1. The van der Waals surface area contributed by atoms with E-state index >= 15 is 0 Å². The summed E-state index contributed by atoms with van der Waals surface area (Å²) >= 11 is 0. The quantitative estimate of drug-likeness (QED) is 0.683. The van der Waals surface area contributed by atoms with E-state index in [0.717, 1.165) is 9.52 Å². The second-order valence-electron chi connectivity index (χ2n) is 3.64. The van der Waals surface area contributed by atoms with E-state index in [2.05, 4.69) is 67.6 Å². The van der Waals surface area contributed by atoms with Crippen LogP contribution in [0.4, 0.5) is 0 Å². The molecule has 2 aromatic rings. The van der Waals surface area contributed by atoms with Gasteiger partial charge < -0.3 is 0 Å². The van der Waals surface area contributed by atoms with Crippen LogP contribution in [0.25, 0.3) is 0 Å². The molecular weight excluding hydrogens is 196 g/mol. The first kappa shape index (κ1) is 10.2. The molecule has 0 aromatic heterocycles. The molecule has 0 bridgehead atoms. The minimum absolute atomic E-state index is 0.619. The summed E-state index contributed by atoms with van der Waals surface area (Å²) in [5.41, 5.74) is 2.05. The Morgan fingerprint density at radius 1 is 0.800 bits per heavy atom. The second-order valence-corrected chi connectivity index (χ2v) is 5.37. The van der Waals surface area contributed by atoms with Gasteiger partial charge in [-0.25, -0.2) is 0 Å². The first-order valence-corrected chi connectivity index (χ1v) is 6.30. The maximum Gasteiger partial charge on any atom is 0.0887 e. The third-order valence-corrected chi connectivity index (χ3v) is 3.89. The van der Waals surface area contributed by atoms with E-state index in [1.807, 2.05) is 0 Å². The Labute approximate surface area is 93.8 Å². The van der Waals surface area contributed by atoms with Crippen LogP contribution >= 0.6 is 0 Å². The molecule has 0 N–H and O–H groups in total. The zero-order valence-electron chi connectivity index (χ0n) is 8.85. The van der Waals surface area contributed by atoms with Crippen molar-refractivity contribution in [2.24, 2.45) is 0 Å². The van der Waals surface area contributed by atoms with E-state index in [-0.39, 0.29) is 0 Å². The lowest BCUT2D eigenvalue weighted by molar-refractivity contribution is 1.07. The van der Waals surface area contributed by atoms with Crippen molar-refractivity contribution in [3.05, 3.63) is 66.2 Å². The standard InChI is InChI=1S/C14H14Si/c1-12(13-8-4-2-5-9-13)15-14-10-6-3-7-11-14/h2-12H,1H3/t12-/m0/s1. The minimum Gasteiger partial charge on any atom is -0.0636 e. The summed E-state index contributed by atoms with van der Waals surface area (Å²) in [7, 11) is 0.856. The van der Waals surface area contributed by atoms with Gasteiger partial charge in [0.1, 0.15) is 0 Å². The summed E-state index contributed by atoms with van der Waals surface area (Å²) in [6, 6.07) is 21.4. The van der Waals surface area contributed by atoms with Crippen molar-refractivity contribution in [1.82, 2.24) is 0 Å². The van der Waals surface area contributed by atoms with Crippen molar-refractivity contribution in [2.75, 3.05) is 0 Å². The van der Waals surface area contributed by atoms with Gasteiger partial charge in [-0.15, -0.1) is 0 Å². The Balaban J connectivity index is 2.08. The van der Waals surface area contributed by atoms with E-state index in [0.29, 0.717) is 5.54 Å². The van der Waals surface area contributed by atoms with Gasteiger partial charge in [0.05, 0.1) is 9.52 Å². The lowest BCUT2D eigenvalue weighted by atomic mass is 10.2. The van der Waals surface area contributed by atoms with Gasteiger partial charge in [0, 0.05) is 0 Å². The molecule has 0 nitrogen and oxygen atoms in total. The summed E-state index contributed by atoms with van der Waals surface area (Å²) in [6.07, 6.45) is 0. The fourth-order valence-electron chi connectivity index (χ4n) is 1.61. The predicted molar refractivity (Wildman–Crippen MR) is 66.7 cm³/mol. The molecule has 0 saturated carbocycles. The first-order valence-electron chi connectivity index (χ1n) is 5.23. The fourth-order valence-corrected chi connectivity index (χ4v) is 2.85. The van der Waals surface area contributed by atoms with Crippen molar-refractivity contribution < 1.29 is 0 Å². The van der Waals surface area contributed by atoms with Gasteiger partial charge in [-0.05, 0) is 11.1 Å². The lowest BCUT2D eigenvalue weighted by Gasteiger charge is -2.10. The van der Waals surface area contributed by atoms with Crippen LogP contribution in [0, 0.1) is 0 Å². The third-order valence-electron chi connectivity index (χ3n) is 2.46. The molecule has 0 fully saturated rings. The third kappa shape index (κ3) is 2.80. The van der Waals surface area contributed by atoms with Crippen LogP contribution in [0.2, 0.25) is 0 Å². The first-order chi connectivity index (χ1) is 7.36. The van der Waals surface area contributed by atoms with Gasteiger partial charge in [0.15, 0.2) is 0 Å². The largest absolute Gasteiger partial charge is 0.0887 e. The van der Waals surface area contributed by atoms with E-state index in [4.69, 9.17) is 0 Å². The molecule has 0 aliphatic rings. The molecule has 0 spiro atoms. The minimum atomic E-state index is 0.619. The average molecular weight is 210 g/mol. The van der Waals surface area contributed by atoms with Crippen LogP contribution < -0.4 is 5.19 Å². The molecule has 0 aliphatic heterocycles. The molecule has 1 atom stereocenters. The van der Waals surface area contributed by atoms with Crippen LogP contribution in [-0.4, -0.2) is 9.52 Å². The molecule has 2 rings (SSSR count). The van der Waals surface area contributed by atoms with Crippen molar-refractivity contribution >= 4 is 14.7 Å². The summed E-state index contributed by atoms with van der Waals surface area (Å²) < 4.78 is 0. The van der Waals surface area contributed by atoms with Crippen LogP contribution in [0.5, 0.6) is 0 Å². The molecule has 0 amide bonds. The Kier molecular flexibility index (Phi) is 3.35. The molecule has 0 saturated heterocycles. The van der Waals surface area contributed by atoms with Gasteiger partial charge in [-0.3, -0.25) is 0 Å². The Morgan fingerprint density at radius 3 is 1.93 bits per heavy atom. The smallest absolute Gasteiger partial charge is 0.0636 e. The summed E-state index contributed by atoms with van der Waals surface area (Å²) in [6.45, 7) is 2.29. The normalized spacial score (nSPS) is 12.3. The topological polar surface area (TPSA) is 0 Å². The summed E-state index contributed by atoms with van der Waals surface area (Å²) in [5.74, 6) is 0. The fraction of sp³-hybridized carbons (Fsp3) is 0.143. The monoisotopic (exact) mass is 210 g/mol. The van der Waals surface area contributed by atoms with Gasteiger partial charge in [-0.2, -0.15) is 0 Å². The van der Waals surface area contributed by atoms with Crippen molar-refractivity contribution in [2.45, 2.75) is 12.5 Å². The Hall–Kier alpha value is -1.34. The highest BCUT2D eigenvalue weighted by Gasteiger charge is 2.06. The number of rotatable bonds is 3. The van der Waals surface area contributed by atoms with Crippen LogP contribution in [0.3, 0.4) is 0 Å². The van der Waals surface area contributed by atoms with Crippen molar-refractivity contribution in [1.29, 1.82) is 0 Å². The number of benzene rings is 2. The molecule has 0 heterocycles. The van der Waals surface area contributed by atoms with Crippen LogP contribution in [-0.2, 0) is 0 Å². The van der Waals surface area contributed by atoms with Crippen molar-refractivity contribution in [3.63, 3.8) is 0 Å². The van der Waals surface area contributed by atoms with E-state index < -0.39 is 0 Å². The average Bonchev–Trinajstić information content (AvgIpc) is 2.31. The second kappa shape index (κ2) is 4.94. The zero-order valence-corrected chi connectivity index (χ0v) is 9.85. The molecule has 74 valence electrons. The van der Waals surface area contributed by atoms with Gasteiger partial charge in [0.2, 0.25) is 0 Å². The number of hydrogen-bond donors (Lipinski definition) is 0. The lowest BCUT2D eigenvalue weighted by Crippen LogP contribution is -2.19. The molecule has 15 heavy (non-hydrogen) atoms. The van der Waals surface area contributed by atoms with Gasteiger partial charge in [0.25, 0.3) is 0 Å². The molecular formula is C14H14Si. The molecule has 0 unspecified atom stereocenters. The maximum atomic E-state index is 2.29. The van der Waals surface area contributed by atoms with Crippen molar-refractivity contribution in [3.8, 4) is 0 Å². The zero-order chi connectivity index (χ0) is 10.5. The predicted octanol–water partition coefficient (Wildman–Crippen LogP) is 2.78. The van der Waals surface area contributed by atoms with Gasteiger partial charge in [-0.1, -0.05) is 72.8 Å². The van der Waals surface area contributed by atoms with Crippen LogP contribution in [0.15, 0.2) is 60.7 Å². The van der Waals surface area contributed by atoms with E-state index in [9.17, 15) is 0 Å². The highest BCUT2D eigenvalue weighted by molar-refractivity contribution is 6.54. The highest BCUT2D eigenvalue weighted by Crippen LogP contribution is 2.12. The maximum absolute atomic E-state index is 2.29. The molecule has 2 radical (unpaired) electrons. The Morgan fingerprint density at radius 2 is 1.33 bits per heavy atom. The highest BCUT2D eigenvalue weighted by atomic mass is 28.2. The summed E-state index contributed by atoms with van der Waals surface area (Å²) in [5, 5.41) is 1.44.